The fourth-order valence-corrected chi connectivity index (χ4v) is 3.15. The Morgan fingerprint density at radius 1 is 1.53 bits per heavy atom. The van der Waals surface area contributed by atoms with E-state index in [0.29, 0.717) is 11.5 Å². The molecule has 1 fully saturated rings. The molecular formula is C12H15BrN2. The zero-order chi connectivity index (χ0) is 10.6. The zero-order valence-corrected chi connectivity index (χ0v) is 10.4. The Balaban J connectivity index is 2.16. The molecule has 0 radical (unpaired) electrons. The minimum atomic E-state index is 0.297. The van der Waals surface area contributed by atoms with Crippen LogP contribution < -0.4 is 10.6 Å². The molecule has 1 aliphatic carbocycles. The highest BCUT2D eigenvalue weighted by molar-refractivity contribution is 9.10. The van der Waals surface area contributed by atoms with E-state index < -0.39 is 0 Å². The van der Waals surface area contributed by atoms with Gasteiger partial charge in [0.05, 0.1) is 0 Å². The van der Waals surface area contributed by atoms with Gasteiger partial charge in [0.15, 0.2) is 0 Å². The lowest BCUT2D eigenvalue weighted by Gasteiger charge is -2.34. The molecule has 2 atom stereocenters. The summed E-state index contributed by atoms with van der Waals surface area (Å²) in [5.41, 5.74) is 9.21. The number of hydrogen-bond acceptors (Lipinski definition) is 2. The minimum absolute atomic E-state index is 0.297. The number of nitrogens with two attached hydrogens (primary N) is 1. The third-order valence-electron chi connectivity index (χ3n) is 3.93. The summed E-state index contributed by atoms with van der Waals surface area (Å²) in [4.78, 5) is 2.33. The predicted octanol–water partition coefficient (Wildman–Crippen LogP) is 2.26. The standard InChI is InChI=1S/C12H15BrN2/c1-15-5-4-12(7-11(12)14)9-6-8(13)2-3-10(9)15/h2-3,6,11H,4-5,7,14H2,1H3. The summed E-state index contributed by atoms with van der Waals surface area (Å²) in [7, 11) is 2.16. The maximum Gasteiger partial charge on any atom is 0.0403 e. The first-order valence-electron chi connectivity index (χ1n) is 5.40. The number of nitrogens with zero attached hydrogens (tertiary/aromatic N) is 1. The summed E-state index contributed by atoms with van der Waals surface area (Å²) in [6.45, 7) is 1.13. The molecule has 1 aliphatic heterocycles. The molecule has 0 aromatic heterocycles. The summed E-state index contributed by atoms with van der Waals surface area (Å²) in [5.74, 6) is 0. The molecule has 15 heavy (non-hydrogen) atoms. The van der Waals surface area contributed by atoms with E-state index in [4.69, 9.17) is 5.73 Å². The van der Waals surface area contributed by atoms with Gasteiger partial charge in [-0.3, -0.25) is 0 Å². The van der Waals surface area contributed by atoms with Gasteiger partial charge in [0.2, 0.25) is 0 Å². The van der Waals surface area contributed by atoms with Crippen molar-refractivity contribution in [2.45, 2.75) is 24.3 Å². The summed E-state index contributed by atoms with van der Waals surface area (Å²) in [6.07, 6.45) is 2.36. The van der Waals surface area contributed by atoms with Crippen LogP contribution >= 0.6 is 15.9 Å². The summed E-state index contributed by atoms with van der Waals surface area (Å²) >= 11 is 3.55. The lowest BCUT2D eigenvalue weighted by molar-refractivity contribution is 0.565. The van der Waals surface area contributed by atoms with Gasteiger partial charge in [-0.1, -0.05) is 15.9 Å². The maximum absolute atomic E-state index is 6.11. The minimum Gasteiger partial charge on any atom is -0.374 e. The van der Waals surface area contributed by atoms with Gasteiger partial charge < -0.3 is 10.6 Å². The Kier molecular flexibility index (Phi) is 1.92. The molecule has 2 nitrogen and oxygen atoms in total. The molecule has 0 bridgehead atoms. The largest absolute Gasteiger partial charge is 0.374 e. The topological polar surface area (TPSA) is 29.3 Å². The molecule has 1 spiro atoms. The molecule has 1 aromatic rings. The second-order valence-electron chi connectivity index (χ2n) is 4.80. The Hall–Kier alpha value is -0.540. The van der Waals surface area contributed by atoms with Crippen molar-refractivity contribution in [2.75, 3.05) is 18.5 Å². The molecule has 1 aromatic carbocycles. The van der Waals surface area contributed by atoms with E-state index >= 15 is 0 Å². The van der Waals surface area contributed by atoms with Crippen molar-refractivity contribution in [3.63, 3.8) is 0 Å². The summed E-state index contributed by atoms with van der Waals surface area (Å²) in [6, 6.07) is 6.94. The molecule has 0 saturated heterocycles. The fourth-order valence-electron chi connectivity index (χ4n) is 2.79. The highest BCUT2D eigenvalue weighted by Crippen LogP contribution is 2.55. The Labute approximate surface area is 98.6 Å². The normalized spacial score (nSPS) is 33.0. The quantitative estimate of drug-likeness (QED) is 0.781. The molecule has 3 heteroatoms. The van der Waals surface area contributed by atoms with Crippen LogP contribution in [0.2, 0.25) is 0 Å². The Morgan fingerprint density at radius 2 is 2.27 bits per heavy atom. The van der Waals surface area contributed by atoms with Crippen LogP contribution in [-0.2, 0) is 5.41 Å². The molecule has 1 heterocycles. The third-order valence-corrected chi connectivity index (χ3v) is 4.43. The Bertz CT molecular complexity index is 418. The maximum atomic E-state index is 6.11. The van der Waals surface area contributed by atoms with E-state index in [0.717, 1.165) is 17.4 Å². The monoisotopic (exact) mass is 266 g/mol. The number of benzene rings is 1. The van der Waals surface area contributed by atoms with Crippen LogP contribution in [0, 0.1) is 0 Å². The zero-order valence-electron chi connectivity index (χ0n) is 8.83. The van der Waals surface area contributed by atoms with Crippen molar-refractivity contribution in [1.29, 1.82) is 0 Å². The van der Waals surface area contributed by atoms with Gasteiger partial charge >= 0.3 is 0 Å². The molecule has 2 N–H and O–H groups in total. The van der Waals surface area contributed by atoms with Crippen LogP contribution in [0.15, 0.2) is 22.7 Å². The van der Waals surface area contributed by atoms with Gasteiger partial charge in [0.25, 0.3) is 0 Å². The van der Waals surface area contributed by atoms with E-state index in [1.807, 2.05) is 0 Å². The number of rotatable bonds is 0. The lowest BCUT2D eigenvalue weighted by atomic mass is 9.86. The third kappa shape index (κ3) is 1.26. The number of halogens is 1. The predicted molar refractivity (Wildman–Crippen MR) is 66.3 cm³/mol. The molecule has 3 rings (SSSR count). The van der Waals surface area contributed by atoms with E-state index in [2.05, 4.69) is 46.1 Å². The van der Waals surface area contributed by atoms with Crippen LogP contribution in [0.1, 0.15) is 18.4 Å². The van der Waals surface area contributed by atoms with Crippen LogP contribution in [0.25, 0.3) is 0 Å². The summed E-state index contributed by atoms with van der Waals surface area (Å²) in [5, 5.41) is 0. The Morgan fingerprint density at radius 3 is 2.93 bits per heavy atom. The van der Waals surface area contributed by atoms with Crippen molar-refractivity contribution in [2.24, 2.45) is 5.73 Å². The molecule has 80 valence electrons. The van der Waals surface area contributed by atoms with Gasteiger partial charge in [-0.2, -0.15) is 0 Å². The smallest absolute Gasteiger partial charge is 0.0403 e. The summed E-state index contributed by atoms with van der Waals surface area (Å²) < 4.78 is 1.16. The molecule has 0 amide bonds. The van der Waals surface area contributed by atoms with Crippen molar-refractivity contribution in [1.82, 2.24) is 0 Å². The average Bonchev–Trinajstić information content (AvgIpc) is 2.85. The van der Waals surface area contributed by atoms with Gasteiger partial charge in [0.1, 0.15) is 0 Å². The second-order valence-corrected chi connectivity index (χ2v) is 5.72. The van der Waals surface area contributed by atoms with Crippen molar-refractivity contribution in [3.8, 4) is 0 Å². The van der Waals surface area contributed by atoms with Gasteiger partial charge in [0, 0.05) is 35.2 Å². The van der Waals surface area contributed by atoms with Crippen molar-refractivity contribution in [3.05, 3.63) is 28.2 Å². The average molecular weight is 267 g/mol. The van der Waals surface area contributed by atoms with E-state index in [1.165, 1.54) is 17.7 Å². The van der Waals surface area contributed by atoms with Gasteiger partial charge in [-0.25, -0.2) is 0 Å². The number of hydrogen-bond donors (Lipinski definition) is 1. The van der Waals surface area contributed by atoms with Crippen molar-refractivity contribution < 1.29 is 0 Å². The van der Waals surface area contributed by atoms with Crippen LogP contribution in [0.5, 0.6) is 0 Å². The SMILES string of the molecule is CN1CCC2(CC2N)c2cc(Br)ccc21. The number of anilines is 1. The number of fused-ring (bicyclic) bond motifs is 2. The van der Waals surface area contributed by atoms with Crippen LogP contribution in [0.3, 0.4) is 0 Å². The van der Waals surface area contributed by atoms with Gasteiger partial charge in [-0.15, -0.1) is 0 Å². The lowest BCUT2D eigenvalue weighted by Crippen LogP contribution is -2.33. The van der Waals surface area contributed by atoms with E-state index in [9.17, 15) is 0 Å². The first-order chi connectivity index (χ1) is 7.13. The van der Waals surface area contributed by atoms with E-state index in [1.54, 1.807) is 0 Å². The first-order valence-corrected chi connectivity index (χ1v) is 6.19. The van der Waals surface area contributed by atoms with Crippen LogP contribution in [-0.4, -0.2) is 19.6 Å². The van der Waals surface area contributed by atoms with Crippen molar-refractivity contribution >= 4 is 21.6 Å². The first kappa shape index (κ1) is 9.67. The van der Waals surface area contributed by atoms with Gasteiger partial charge in [-0.05, 0) is 36.6 Å². The second kappa shape index (κ2) is 2.98. The molecule has 1 saturated carbocycles. The van der Waals surface area contributed by atoms with E-state index in [-0.39, 0.29) is 0 Å². The molecule has 2 aliphatic rings. The highest BCUT2D eigenvalue weighted by atomic mass is 79.9. The fraction of sp³-hybridized carbons (Fsp3) is 0.500. The molecular weight excluding hydrogens is 252 g/mol. The molecule has 2 unspecified atom stereocenters. The van der Waals surface area contributed by atoms with Crippen LogP contribution in [0.4, 0.5) is 5.69 Å². The highest BCUT2D eigenvalue weighted by Gasteiger charge is 2.55.